The van der Waals surface area contributed by atoms with Gasteiger partial charge < -0.3 is 10.1 Å². The molecule has 1 N–H and O–H groups in total. The second-order valence-corrected chi connectivity index (χ2v) is 9.93. The lowest BCUT2D eigenvalue weighted by Crippen LogP contribution is -2.36. The summed E-state index contributed by atoms with van der Waals surface area (Å²) in [5, 5.41) is 4.28. The van der Waals surface area contributed by atoms with Crippen LogP contribution in [0.15, 0.2) is 71.1 Å². The summed E-state index contributed by atoms with van der Waals surface area (Å²) >= 11 is 12.7. The van der Waals surface area contributed by atoms with Crippen LogP contribution in [0.25, 0.3) is 0 Å². The molecule has 4 nitrogen and oxygen atoms in total. The van der Waals surface area contributed by atoms with Crippen LogP contribution in [-0.4, -0.2) is 18.4 Å². The Bertz CT molecular complexity index is 1150. The van der Waals surface area contributed by atoms with E-state index >= 15 is 0 Å². The number of dihydropyridines is 1. The number of carbonyl (C=O) groups excluding carboxylic acids is 2. The predicted molar refractivity (Wildman–Crippen MR) is 131 cm³/mol. The van der Waals surface area contributed by atoms with Crippen LogP contribution in [0.1, 0.15) is 56.6 Å². The molecule has 1 aliphatic carbocycles. The standard InChI is InChI=1S/C27H27Cl2NO3/c1-15(2)14-33-27(32)24-16(3)30-22-11-18(17-7-5-4-6-8-17)12-23(31)26(22)25(24)20-10-9-19(28)13-21(20)29/h4-10,13,15,18,25,30H,11-12,14H2,1-3H3/t18-,25-/m0/s1. The van der Waals surface area contributed by atoms with E-state index in [1.54, 1.807) is 18.2 Å². The Labute approximate surface area is 204 Å². The highest BCUT2D eigenvalue weighted by molar-refractivity contribution is 6.35. The smallest absolute Gasteiger partial charge is 0.336 e. The summed E-state index contributed by atoms with van der Waals surface area (Å²) in [6.07, 6.45) is 1.05. The minimum Gasteiger partial charge on any atom is -0.462 e. The van der Waals surface area contributed by atoms with Crippen LogP contribution < -0.4 is 5.32 Å². The van der Waals surface area contributed by atoms with E-state index in [9.17, 15) is 9.59 Å². The van der Waals surface area contributed by atoms with Gasteiger partial charge in [0.1, 0.15) is 0 Å². The monoisotopic (exact) mass is 483 g/mol. The summed E-state index contributed by atoms with van der Waals surface area (Å²) in [6, 6.07) is 15.2. The Kier molecular flexibility index (Phi) is 6.96. The van der Waals surface area contributed by atoms with E-state index < -0.39 is 11.9 Å². The van der Waals surface area contributed by atoms with Gasteiger partial charge in [0.05, 0.1) is 12.2 Å². The summed E-state index contributed by atoms with van der Waals surface area (Å²) < 4.78 is 5.59. The number of hydrogen-bond acceptors (Lipinski definition) is 4. The van der Waals surface area contributed by atoms with Crippen molar-refractivity contribution < 1.29 is 14.3 Å². The number of Topliss-reactive ketones (excluding diaryl/α,β-unsaturated/α-hetero) is 1. The summed E-state index contributed by atoms with van der Waals surface area (Å²) in [6.45, 7) is 6.11. The number of carbonyl (C=O) groups is 2. The van der Waals surface area contributed by atoms with Crippen molar-refractivity contribution in [2.24, 2.45) is 5.92 Å². The van der Waals surface area contributed by atoms with Gasteiger partial charge in [0.15, 0.2) is 5.78 Å². The minimum atomic E-state index is -0.602. The molecule has 0 unspecified atom stereocenters. The first kappa shape index (κ1) is 23.6. The van der Waals surface area contributed by atoms with Gasteiger partial charge in [0, 0.05) is 39.4 Å². The normalized spacial score (nSPS) is 20.6. The van der Waals surface area contributed by atoms with Gasteiger partial charge in [-0.3, -0.25) is 4.79 Å². The van der Waals surface area contributed by atoms with E-state index in [0.717, 1.165) is 11.3 Å². The SMILES string of the molecule is CC1=C(C(=O)OCC(C)C)[C@H](c2ccc(Cl)cc2Cl)C2=C(C[C@H](c3ccccc3)CC2=O)N1. The fourth-order valence-corrected chi connectivity index (χ4v) is 5.15. The van der Waals surface area contributed by atoms with Gasteiger partial charge in [0.25, 0.3) is 0 Å². The van der Waals surface area contributed by atoms with Crippen molar-refractivity contribution in [1.29, 1.82) is 0 Å². The second kappa shape index (κ2) is 9.74. The summed E-state index contributed by atoms with van der Waals surface area (Å²) in [5.41, 5.74) is 4.34. The zero-order chi connectivity index (χ0) is 23.7. The maximum Gasteiger partial charge on any atom is 0.336 e. The first-order valence-electron chi connectivity index (χ1n) is 11.2. The van der Waals surface area contributed by atoms with Crippen molar-refractivity contribution in [3.8, 4) is 0 Å². The number of esters is 1. The lowest BCUT2D eigenvalue weighted by atomic mass is 9.71. The predicted octanol–water partition coefficient (Wildman–Crippen LogP) is 6.55. The zero-order valence-electron chi connectivity index (χ0n) is 19.0. The van der Waals surface area contributed by atoms with Gasteiger partial charge in [-0.1, -0.05) is 73.4 Å². The van der Waals surface area contributed by atoms with Crippen LogP contribution in [-0.2, 0) is 14.3 Å². The topological polar surface area (TPSA) is 55.4 Å². The molecule has 0 radical (unpaired) electrons. The molecule has 2 aromatic rings. The highest BCUT2D eigenvalue weighted by Crippen LogP contribution is 2.47. The van der Waals surface area contributed by atoms with Crippen LogP contribution in [0.4, 0.5) is 0 Å². The van der Waals surface area contributed by atoms with E-state index in [1.165, 1.54) is 0 Å². The van der Waals surface area contributed by atoms with Crippen molar-refractivity contribution in [2.75, 3.05) is 6.61 Å². The Morgan fingerprint density at radius 2 is 1.85 bits per heavy atom. The van der Waals surface area contributed by atoms with Crippen molar-refractivity contribution in [1.82, 2.24) is 5.32 Å². The second-order valence-electron chi connectivity index (χ2n) is 9.09. The third-order valence-electron chi connectivity index (χ3n) is 6.14. The molecule has 0 saturated heterocycles. The number of benzene rings is 2. The van der Waals surface area contributed by atoms with E-state index in [0.29, 0.717) is 51.9 Å². The van der Waals surface area contributed by atoms with Crippen molar-refractivity contribution in [3.05, 3.63) is 92.2 Å². The van der Waals surface area contributed by atoms with E-state index in [-0.39, 0.29) is 17.6 Å². The largest absolute Gasteiger partial charge is 0.462 e. The Morgan fingerprint density at radius 1 is 1.12 bits per heavy atom. The molecular formula is C27H27Cl2NO3. The molecule has 0 fully saturated rings. The van der Waals surface area contributed by atoms with Gasteiger partial charge in [-0.15, -0.1) is 0 Å². The zero-order valence-corrected chi connectivity index (χ0v) is 20.5. The third-order valence-corrected chi connectivity index (χ3v) is 6.70. The highest BCUT2D eigenvalue weighted by Gasteiger charge is 2.42. The molecule has 0 saturated carbocycles. The third kappa shape index (κ3) is 4.87. The van der Waals surface area contributed by atoms with Crippen molar-refractivity contribution >= 4 is 35.0 Å². The molecule has 0 amide bonds. The lowest BCUT2D eigenvalue weighted by Gasteiger charge is -2.37. The number of ketones is 1. The Hall–Kier alpha value is -2.56. The average molecular weight is 484 g/mol. The molecule has 1 heterocycles. The molecule has 6 heteroatoms. The summed E-state index contributed by atoms with van der Waals surface area (Å²) in [4.78, 5) is 26.8. The fraction of sp³-hybridized carbons (Fsp3) is 0.333. The Balaban J connectivity index is 1.80. The van der Waals surface area contributed by atoms with Crippen molar-refractivity contribution in [3.63, 3.8) is 0 Å². The molecule has 33 heavy (non-hydrogen) atoms. The van der Waals surface area contributed by atoms with Crippen LogP contribution in [0.3, 0.4) is 0 Å². The molecule has 0 bridgehead atoms. The van der Waals surface area contributed by atoms with Crippen LogP contribution in [0.5, 0.6) is 0 Å². The molecule has 2 atom stereocenters. The maximum absolute atomic E-state index is 13.6. The number of allylic oxidation sites excluding steroid dienone is 3. The van der Waals surface area contributed by atoms with Gasteiger partial charge in [-0.25, -0.2) is 4.79 Å². The van der Waals surface area contributed by atoms with E-state index in [4.69, 9.17) is 27.9 Å². The van der Waals surface area contributed by atoms with Gasteiger partial charge in [-0.2, -0.15) is 0 Å². The minimum absolute atomic E-state index is 0.00952. The number of nitrogens with one attached hydrogen (secondary N) is 1. The molecule has 1 aliphatic heterocycles. The van der Waals surface area contributed by atoms with Gasteiger partial charge in [0.2, 0.25) is 0 Å². The van der Waals surface area contributed by atoms with Crippen LogP contribution >= 0.6 is 23.2 Å². The van der Waals surface area contributed by atoms with E-state index in [1.807, 2.05) is 39.0 Å². The first-order valence-corrected chi connectivity index (χ1v) is 11.9. The number of rotatable bonds is 5. The van der Waals surface area contributed by atoms with Crippen LogP contribution in [0.2, 0.25) is 10.0 Å². The van der Waals surface area contributed by atoms with Crippen LogP contribution in [0, 0.1) is 5.92 Å². The highest BCUT2D eigenvalue weighted by atomic mass is 35.5. The molecule has 2 aliphatic rings. The number of hydrogen-bond donors (Lipinski definition) is 1. The quantitative estimate of drug-likeness (QED) is 0.489. The fourth-order valence-electron chi connectivity index (χ4n) is 4.64. The Morgan fingerprint density at radius 3 is 2.52 bits per heavy atom. The van der Waals surface area contributed by atoms with Gasteiger partial charge >= 0.3 is 5.97 Å². The lowest BCUT2D eigenvalue weighted by molar-refractivity contribution is -0.140. The molecule has 2 aromatic carbocycles. The molecule has 4 rings (SSSR count). The molecular weight excluding hydrogens is 457 g/mol. The summed E-state index contributed by atoms with van der Waals surface area (Å²) in [5.74, 6) is -0.755. The van der Waals surface area contributed by atoms with Gasteiger partial charge in [-0.05, 0) is 48.4 Å². The first-order chi connectivity index (χ1) is 15.8. The number of halogens is 2. The van der Waals surface area contributed by atoms with E-state index in [2.05, 4.69) is 17.4 Å². The summed E-state index contributed by atoms with van der Waals surface area (Å²) in [7, 11) is 0. The molecule has 0 spiro atoms. The molecule has 0 aromatic heterocycles. The molecule has 172 valence electrons. The average Bonchev–Trinajstić information content (AvgIpc) is 2.77. The maximum atomic E-state index is 13.6. The number of ether oxygens (including phenoxy) is 1. The van der Waals surface area contributed by atoms with Crippen molar-refractivity contribution in [2.45, 2.75) is 45.4 Å².